The standard InChI is InChI=1S/C15H15N7O3S2/c1-2-25-13(24)8-26-15-19-18-14(27-15)17-12(23)7-10-3-5-11(6-4-10)22-9-16-20-21-22/h3-6,9H,2,7-8H2,1H3,(H,17,18,23). The van der Waals surface area contributed by atoms with E-state index < -0.39 is 0 Å². The van der Waals surface area contributed by atoms with E-state index in [0.29, 0.717) is 16.1 Å². The Labute approximate surface area is 162 Å². The molecule has 1 amide bonds. The van der Waals surface area contributed by atoms with Crippen LogP contribution in [0.5, 0.6) is 0 Å². The van der Waals surface area contributed by atoms with Crippen molar-refractivity contribution >= 4 is 40.1 Å². The highest BCUT2D eigenvalue weighted by Crippen LogP contribution is 2.25. The van der Waals surface area contributed by atoms with Crippen LogP contribution in [-0.2, 0) is 20.7 Å². The quantitative estimate of drug-likeness (QED) is 0.336. The predicted molar refractivity (Wildman–Crippen MR) is 98.8 cm³/mol. The number of nitrogens with zero attached hydrogens (tertiary/aromatic N) is 6. The number of thioether (sulfide) groups is 1. The lowest BCUT2D eigenvalue weighted by atomic mass is 10.1. The Balaban J connectivity index is 1.50. The lowest BCUT2D eigenvalue weighted by Gasteiger charge is -2.03. The normalized spacial score (nSPS) is 10.6. The van der Waals surface area contributed by atoms with Crippen molar-refractivity contribution in [1.82, 2.24) is 30.4 Å². The highest BCUT2D eigenvalue weighted by molar-refractivity contribution is 8.01. The maximum Gasteiger partial charge on any atom is 0.316 e. The van der Waals surface area contributed by atoms with Crippen molar-refractivity contribution in [2.45, 2.75) is 17.7 Å². The minimum absolute atomic E-state index is 0.157. The van der Waals surface area contributed by atoms with Gasteiger partial charge in [0.1, 0.15) is 6.33 Å². The maximum absolute atomic E-state index is 12.2. The molecular formula is C15H15N7O3S2. The minimum atomic E-state index is -0.312. The van der Waals surface area contributed by atoms with Gasteiger partial charge in [0.15, 0.2) is 4.34 Å². The number of benzene rings is 1. The average Bonchev–Trinajstić information content (AvgIpc) is 3.33. The number of hydrogen-bond donors (Lipinski definition) is 1. The molecule has 2 heterocycles. The van der Waals surface area contributed by atoms with Gasteiger partial charge < -0.3 is 10.1 Å². The number of tetrazole rings is 1. The van der Waals surface area contributed by atoms with Crippen LogP contribution >= 0.6 is 23.1 Å². The molecule has 0 aliphatic rings. The first-order chi connectivity index (χ1) is 13.1. The van der Waals surface area contributed by atoms with Crippen molar-refractivity contribution in [3.63, 3.8) is 0 Å². The zero-order chi connectivity index (χ0) is 19.1. The van der Waals surface area contributed by atoms with Gasteiger partial charge in [-0.3, -0.25) is 9.59 Å². The first kappa shape index (κ1) is 18.9. The molecule has 1 N–H and O–H groups in total. The molecule has 0 saturated carbocycles. The van der Waals surface area contributed by atoms with Gasteiger partial charge in [0.05, 0.1) is 24.5 Å². The van der Waals surface area contributed by atoms with Crippen LogP contribution in [0.2, 0.25) is 0 Å². The SMILES string of the molecule is CCOC(=O)CSc1nnc(NC(=O)Cc2ccc(-n3cnnn3)cc2)s1. The van der Waals surface area contributed by atoms with Gasteiger partial charge in [0, 0.05) is 0 Å². The number of rotatable bonds is 8. The molecular weight excluding hydrogens is 390 g/mol. The topological polar surface area (TPSA) is 125 Å². The van der Waals surface area contributed by atoms with Gasteiger partial charge in [-0.1, -0.05) is 35.2 Å². The number of hydrogen-bond acceptors (Lipinski definition) is 10. The van der Waals surface area contributed by atoms with Crippen LogP contribution in [0.15, 0.2) is 34.9 Å². The van der Waals surface area contributed by atoms with E-state index in [1.807, 2.05) is 24.3 Å². The molecule has 3 rings (SSSR count). The number of ether oxygens (including phenoxy) is 1. The molecule has 0 aliphatic carbocycles. The number of anilines is 1. The number of amides is 1. The van der Waals surface area contributed by atoms with Gasteiger partial charge in [-0.2, -0.15) is 0 Å². The summed E-state index contributed by atoms with van der Waals surface area (Å²) in [5.41, 5.74) is 1.64. The fourth-order valence-electron chi connectivity index (χ4n) is 2.04. The third kappa shape index (κ3) is 5.56. The average molecular weight is 405 g/mol. The summed E-state index contributed by atoms with van der Waals surface area (Å²) in [4.78, 5) is 23.5. The van der Waals surface area contributed by atoms with Crippen LogP contribution < -0.4 is 5.32 Å². The molecule has 0 saturated heterocycles. The molecule has 0 aliphatic heterocycles. The number of nitrogens with one attached hydrogen (secondary N) is 1. The Kier molecular flexibility index (Phi) is 6.44. The van der Waals surface area contributed by atoms with Crippen LogP contribution in [0.25, 0.3) is 5.69 Å². The zero-order valence-corrected chi connectivity index (χ0v) is 15.9. The number of aromatic nitrogens is 6. The molecule has 1 aromatic carbocycles. The number of carbonyl (C=O) groups is 2. The molecule has 140 valence electrons. The van der Waals surface area contributed by atoms with E-state index in [0.717, 1.165) is 11.3 Å². The molecule has 12 heteroatoms. The summed E-state index contributed by atoms with van der Waals surface area (Å²) in [6, 6.07) is 7.32. The molecule has 0 radical (unpaired) electrons. The van der Waals surface area contributed by atoms with Crippen LogP contribution in [0.1, 0.15) is 12.5 Å². The van der Waals surface area contributed by atoms with E-state index >= 15 is 0 Å². The summed E-state index contributed by atoms with van der Waals surface area (Å²) >= 11 is 2.43. The van der Waals surface area contributed by atoms with Crippen LogP contribution in [0, 0.1) is 0 Å². The van der Waals surface area contributed by atoms with Gasteiger partial charge in [-0.05, 0) is 35.0 Å². The fourth-order valence-corrected chi connectivity index (χ4v) is 3.60. The first-order valence-corrected chi connectivity index (χ1v) is 9.68. The monoisotopic (exact) mass is 405 g/mol. The van der Waals surface area contributed by atoms with Crippen LogP contribution in [-0.4, -0.2) is 54.6 Å². The molecule has 10 nitrogen and oxygen atoms in total. The van der Waals surface area contributed by atoms with E-state index in [4.69, 9.17) is 4.74 Å². The Morgan fingerprint density at radius 1 is 1.26 bits per heavy atom. The maximum atomic E-state index is 12.2. The summed E-state index contributed by atoms with van der Waals surface area (Å²) in [7, 11) is 0. The first-order valence-electron chi connectivity index (χ1n) is 7.88. The van der Waals surface area contributed by atoms with Gasteiger partial charge in [-0.15, -0.1) is 15.3 Å². The third-order valence-electron chi connectivity index (χ3n) is 3.19. The summed E-state index contributed by atoms with van der Waals surface area (Å²) in [5, 5.41) is 21.9. The second-order valence-electron chi connectivity index (χ2n) is 5.11. The smallest absolute Gasteiger partial charge is 0.316 e. The minimum Gasteiger partial charge on any atom is -0.465 e. The van der Waals surface area contributed by atoms with Gasteiger partial charge in [-0.25, -0.2) is 4.68 Å². The van der Waals surface area contributed by atoms with E-state index in [-0.39, 0.29) is 24.1 Å². The fraction of sp³-hybridized carbons (Fsp3) is 0.267. The Bertz CT molecular complexity index is 897. The van der Waals surface area contributed by atoms with E-state index in [1.165, 1.54) is 34.1 Å². The number of esters is 1. The molecule has 0 atom stereocenters. The second kappa shape index (κ2) is 9.19. The Morgan fingerprint density at radius 2 is 2.07 bits per heavy atom. The van der Waals surface area contributed by atoms with Crippen molar-refractivity contribution < 1.29 is 14.3 Å². The molecule has 0 spiro atoms. The molecule has 0 unspecified atom stereocenters. The molecule has 0 bridgehead atoms. The van der Waals surface area contributed by atoms with Crippen molar-refractivity contribution in [1.29, 1.82) is 0 Å². The van der Waals surface area contributed by atoms with E-state index in [2.05, 4.69) is 31.0 Å². The molecule has 27 heavy (non-hydrogen) atoms. The summed E-state index contributed by atoms with van der Waals surface area (Å²) in [5.74, 6) is -0.360. The van der Waals surface area contributed by atoms with Crippen molar-refractivity contribution in [3.05, 3.63) is 36.2 Å². The van der Waals surface area contributed by atoms with Crippen LogP contribution in [0.3, 0.4) is 0 Å². The highest BCUT2D eigenvalue weighted by Gasteiger charge is 2.11. The van der Waals surface area contributed by atoms with Gasteiger partial charge >= 0.3 is 5.97 Å². The second-order valence-corrected chi connectivity index (χ2v) is 7.31. The van der Waals surface area contributed by atoms with Crippen molar-refractivity contribution in [2.75, 3.05) is 17.7 Å². The summed E-state index contributed by atoms with van der Waals surface area (Å²) in [6.07, 6.45) is 1.69. The lowest BCUT2D eigenvalue weighted by molar-refractivity contribution is -0.139. The largest absolute Gasteiger partial charge is 0.465 e. The summed E-state index contributed by atoms with van der Waals surface area (Å²) in [6.45, 7) is 2.09. The highest BCUT2D eigenvalue weighted by atomic mass is 32.2. The van der Waals surface area contributed by atoms with E-state index in [1.54, 1.807) is 6.92 Å². The van der Waals surface area contributed by atoms with Crippen molar-refractivity contribution in [2.24, 2.45) is 0 Å². The molecule has 0 fully saturated rings. The summed E-state index contributed by atoms with van der Waals surface area (Å²) < 4.78 is 6.96. The van der Waals surface area contributed by atoms with Gasteiger partial charge in [0.2, 0.25) is 11.0 Å². The van der Waals surface area contributed by atoms with Crippen LogP contribution in [0.4, 0.5) is 5.13 Å². The Morgan fingerprint density at radius 3 is 2.78 bits per heavy atom. The predicted octanol–water partition coefficient (Wildman–Crippen LogP) is 1.35. The number of carbonyl (C=O) groups excluding carboxylic acids is 2. The molecule has 2 aromatic heterocycles. The third-order valence-corrected chi connectivity index (χ3v) is 5.13. The van der Waals surface area contributed by atoms with Crippen molar-refractivity contribution in [3.8, 4) is 5.69 Å². The molecule has 3 aromatic rings. The van der Waals surface area contributed by atoms with E-state index in [9.17, 15) is 9.59 Å². The Hall–Kier alpha value is -2.86. The van der Waals surface area contributed by atoms with Gasteiger partial charge in [0.25, 0.3) is 0 Å². The zero-order valence-electron chi connectivity index (χ0n) is 14.2. The lowest BCUT2D eigenvalue weighted by Crippen LogP contribution is -2.14.